The number of hydrogen-bond acceptors (Lipinski definition) is 3. The number of nitrogens with one attached hydrogen (secondary N) is 1. The summed E-state index contributed by atoms with van der Waals surface area (Å²) in [6, 6.07) is 4.93. The maximum absolute atomic E-state index is 4.06. The molecule has 0 saturated carbocycles. The summed E-state index contributed by atoms with van der Waals surface area (Å²) < 4.78 is 0. The fourth-order valence-corrected chi connectivity index (χ4v) is 2.87. The Kier molecular flexibility index (Phi) is 6.31. The lowest BCUT2D eigenvalue weighted by Gasteiger charge is -2.19. The van der Waals surface area contributed by atoms with Gasteiger partial charge >= 0.3 is 0 Å². The quantitative estimate of drug-likeness (QED) is 0.852. The van der Waals surface area contributed by atoms with Crippen molar-refractivity contribution in [2.24, 2.45) is 0 Å². The summed E-state index contributed by atoms with van der Waals surface area (Å²) in [5.41, 5.74) is 1.38. The molecule has 0 amide bonds. The first-order valence-corrected chi connectivity index (χ1v) is 7.73. The summed E-state index contributed by atoms with van der Waals surface area (Å²) in [5.74, 6) is 0. The molecule has 106 valence electrons. The Labute approximate surface area is 117 Å². The molecule has 1 aliphatic rings. The molecule has 1 unspecified atom stereocenters. The molecule has 2 rings (SSSR count). The lowest BCUT2D eigenvalue weighted by molar-refractivity contribution is 0.283. The van der Waals surface area contributed by atoms with E-state index in [0.29, 0.717) is 6.04 Å². The molecule has 2 heterocycles. The molecule has 0 spiro atoms. The molecule has 3 nitrogen and oxygen atoms in total. The van der Waals surface area contributed by atoms with Gasteiger partial charge in [-0.1, -0.05) is 6.92 Å². The van der Waals surface area contributed by atoms with Crippen LogP contribution in [-0.2, 0) is 6.42 Å². The highest BCUT2D eigenvalue weighted by Crippen LogP contribution is 2.11. The van der Waals surface area contributed by atoms with Crippen LogP contribution in [0.2, 0.25) is 0 Å². The van der Waals surface area contributed by atoms with E-state index in [1.165, 1.54) is 50.9 Å². The van der Waals surface area contributed by atoms with Crippen molar-refractivity contribution in [2.75, 3.05) is 26.2 Å². The third-order valence-electron chi connectivity index (χ3n) is 3.96. The minimum absolute atomic E-state index is 0.712. The largest absolute Gasteiger partial charge is 0.314 e. The van der Waals surface area contributed by atoms with Gasteiger partial charge in [-0.3, -0.25) is 4.98 Å². The van der Waals surface area contributed by atoms with Crippen LogP contribution < -0.4 is 5.32 Å². The number of aromatic nitrogens is 1. The first-order chi connectivity index (χ1) is 9.38. The molecule has 0 bridgehead atoms. The van der Waals surface area contributed by atoms with Crippen LogP contribution in [0.3, 0.4) is 0 Å². The summed E-state index contributed by atoms with van der Waals surface area (Å²) in [7, 11) is 0. The second-order valence-electron chi connectivity index (χ2n) is 5.53. The van der Waals surface area contributed by atoms with Gasteiger partial charge in [-0.15, -0.1) is 0 Å². The van der Waals surface area contributed by atoms with E-state index in [-0.39, 0.29) is 0 Å². The third-order valence-corrected chi connectivity index (χ3v) is 3.96. The molecule has 1 atom stereocenters. The smallest absolute Gasteiger partial charge is 0.0270 e. The van der Waals surface area contributed by atoms with Crippen molar-refractivity contribution in [3.63, 3.8) is 0 Å². The van der Waals surface area contributed by atoms with Crippen LogP contribution in [0, 0.1) is 0 Å². The minimum atomic E-state index is 0.712. The normalized spacial score (nSPS) is 21.2. The van der Waals surface area contributed by atoms with E-state index in [1.807, 2.05) is 12.4 Å². The number of nitrogens with zero attached hydrogens (tertiary/aromatic N) is 2. The molecule has 3 heteroatoms. The van der Waals surface area contributed by atoms with Crippen molar-refractivity contribution < 1.29 is 0 Å². The molecule has 19 heavy (non-hydrogen) atoms. The zero-order chi connectivity index (χ0) is 13.3. The van der Waals surface area contributed by atoms with Crippen molar-refractivity contribution in [2.45, 2.75) is 45.1 Å². The van der Waals surface area contributed by atoms with Gasteiger partial charge in [-0.2, -0.15) is 0 Å². The van der Waals surface area contributed by atoms with Gasteiger partial charge in [0.05, 0.1) is 0 Å². The molecule has 1 fully saturated rings. The van der Waals surface area contributed by atoms with Gasteiger partial charge in [-0.05, 0) is 76.0 Å². The summed E-state index contributed by atoms with van der Waals surface area (Å²) in [4.78, 5) is 6.67. The third kappa shape index (κ3) is 5.29. The summed E-state index contributed by atoms with van der Waals surface area (Å²) >= 11 is 0. The molecule has 1 aromatic rings. The molecular weight excluding hydrogens is 234 g/mol. The van der Waals surface area contributed by atoms with E-state index >= 15 is 0 Å². The fraction of sp³-hybridized carbons (Fsp3) is 0.688. The molecule has 1 N–H and O–H groups in total. The average Bonchev–Trinajstić information content (AvgIpc) is 2.66. The summed E-state index contributed by atoms with van der Waals surface area (Å²) in [6.07, 6.45) is 10.1. The van der Waals surface area contributed by atoms with Crippen LogP contribution in [0.5, 0.6) is 0 Å². The van der Waals surface area contributed by atoms with E-state index in [1.54, 1.807) is 0 Å². The number of rotatable bonds is 6. The van der Waals surface area contributed by atoms with Gasteiger partial charge in [0.15, 0.2) is 0 Å². The Hall–Kier alpha value is -0.930. The highest BCUT2D eigenvalue weighted by molar-refractivity contribution is 5.09. The van der Waals surface area contributed by atoms with Gasteiger partial charge in [0, 0.05) is 18.4 Å². The SMILES string of the molecule is CCCN1CCCC(NCCc2ccncc2)CC1. The highest BCUT2D eigenvalue weighted by Gasteiger charge is 2.15. The average molecular weight is 261 g/mol. The molecular formula is C16H27N3. The fourth-order valence-electron chi connectivity index (χ4n) is 2.87. The zero-order valence-electron chi connectivity index (χ0n) is 12.1. The van der Waals surface area contributed by atoms with Crippen molar-refractivity contribution in [3.8, 4) is 0 Å². The number of hydrogen-bond donors (Lipinski definition) is 1. The van der Waals surface area contributed by atoms with Crippen molar-refractivity contribution in [1.29, 1.82) is 0 Å². The summed E-state index contributed by atoms with van der Waals surface area (Å²) in [5, 5.41) is 3.73. The Bertz CT molecular complexity index is 339. The Morgan fingerprint density at radius 2 is 2.11 bits per heavy atom. The van der Waals surface area contributed by atoms with Gasteiger partial charge < -0.3 is 10.2 Å². The van der Waals surface area contributed by atoms with Crippen molar-refractivity contribution in [3.05, 3.63) is 30.1 Å². The monoisotopic (exact) mass is 261 g/mol. The lowest BCUT2D eigenvalue weighted by atomic mass is 10.1. The Morgan fingerprint density at radius 3 is 2.89 bits per heavy atom. The van der Waals surface area contributed by atoms with Gasteiger partial charge in [-0.25, -0.2) is 0 Å². The van der Waals surface area contributed by atoms with E-state index in [9.17, 15) is 0 Å². The van der Waals surface area contributed by atoms with Gasteiger partial charge in [0.1, 0.15) is 0 Å². The van der Waals surface area contributed by atoms with Crippen molar-refractivity contribution >= 4 is 0 Å². The Balaban J connectivity index is 1.66. The maximum atomic E-state index is 4.06. The van der Waals surface area contributed by atoms with Crippen LogP contribution >= 0.6 is 0 Å². The van der Waals surface area contributed by atoms with E-state index < -0.39 is 0 Å². The predicted octanol–water partition coefficient (Wildman–Crippen LogP) is 2.48. The molecule has 1 saturated heterocycles. The number of likely N-dealkylation sites (tertiary alicyclic amines) is 1. The van der Waals surface area contributed by atoms with E-state index in [0.717, 1.165) is 13.0 Å². The van der Waals surface area contributed by atoms with Gasteiger partial charge in [0.25, 0.3) is 0 Å². The van der Waals surface area contributed by atoms with E-state index in [4.69, 9.17) is 0 Å². The lowest BCUT2D eigenvalue weighted by Crippen LogP contribution is -2.32. The summed E-state index contributed by atoms with van der Waals surface area (Å²) in [6.45, 7) is 7.18. The molecule has 0 aliphatic carbocycles. The second kappa shape index (κ2) is 8.28. The van der Waals surface area contributed by atoms with Crippen LogP contribution in [-0.4, -0.2) is 42.1 Å². The molecule has 0 aromatic carbocycles. The highest BCUT2D eigenvalue weighted by atomic mass is 15.1. The first-order valence-electron chi connectivity index (χ1n) is 7.73. The topological polar surface area (TPSA) is 28.2 Å². The minimum Gasteiger partial charge on any atom is -0.314 e. The molecule has 1 aliphatic heterocycles. The first kappa shape index (κ1) is 14.5. The number of pyridine rings is 1. The molecule has 0 radical (unpaired) electrons. The second-order valence-corrected chi connectivity index (χ2v) is 5.53. The zero-order valence-corrected chi connectivity index (χ0v) is 12.1. The standard InChI is InChI=1S/C16H27N3/c1-2-12-19-13-3-4-16(8-14-19)18-11-7-15-5-9-17-10-6-15/h5-6,9-10,16,18H,2-4,7-8,11-14H2,1H3. The van der Waals surface area contributed by atoms with E-state index in [2.05, 4.69) is 34.3 Å². The van der Waals surface area contributed by atoms with Gasteiger partial charge in [0.2, 0.25) is 0 Å². The van der Waals surface area contributed by atoms with Crippen LogP contribution in [0.15, 0.2) is 24.5 Å². The van der Waals surface area contributed by atoms with Crippen LogP contribution in [0.25, 0.3) is 0 Å². The van der Waals surface area contributed by atoms with Crippen molar-refractivity contribution in [1.82, 2.24) is 15.2 Å². The van der Waals surface area contributed by atoms with Crippen LogP contribution in [0.1, 0.15) is 38.2 Å². The molecule has 1 aromatic heterocycles. The van der Waals surface area contributed by atoms with Crippen LogP contribution in [0.4, 0.5) is 0 Å². The Morgan fingerprint density at radius 1 is 1.26 bits per heavy atom. The maximum Gasteiger partial charge on any atom is 0.0270 e. The predicted molar refractivity (Wildman–Crippen MR) is 80.3 cm³/mol.